The summed E-state index contributed by atoms with van der Waals surface area (Å²) in [6, 6.07) is -0.222. The standard InChI is InChI=1S/C15H25N3O2/c1-2-6-12(16)15-18-13(10-20-15)14(19)17-9-11-7-4-3-5-8-11/h10-12H,2-9,16H2,1H3,(H,17,19). The van der Waals surface area contributed by atoms with Crippen molar-refractivity contribution in [1.82, 2.24) is 10.3 Å². The summed E-state index contributed by atoms with van der Waals surface area (Å²) in [6.07, 6.45) is 9.49. The van der Waals surface area contributed by atoms with E-state index in [9.17, 15) is 4.79 Å². The molecule has 1 heterocycles. The number of nitrogens with zero attached hydrogens (tertiary/aromatic N) is 1. The largest absolute Gasteiger partial charge is 0.446 e. The van der Waals surface area contributed by atoms with Crippen molar-refractivity contribution in [2.75, 3.05) is 6.54 Å². The molecule has 112 valence electrons. The number of hydrogen-bond donors (Lipinski definition) is 2. The number of nitrogens with two attached hydrogens (primary N) is 1. The second-order valence-corrected chi connectivity index (χ2v) is 5.68. The Morgan fingerprint density at radius 2 is 2.25 bits per heavy atom. The number of nitrogens with one attached hydrogen (secondary N) is 1. The number of hydrogen-bond acceptors (Lipinski definition) is 4. The first-order valence-electron chi connectivity index (χ1n) is 7.70. The molecule has 0 aromatic carbocycles. The second-order valence-electron chi connectivity index (χ2n) is 5.68. The van der Waals surface area contributed by atoms with Gasteiger partial charge in [-0.15, -0.1) is 0 Å². The van der Waals surface area contributed by atoms with Gasteiger partial charge in [0.15, 0.2) is 5.69 Å². The monoisotopic (exact) mass is 279 g/mol. The highest BCUT2D eigenvalue weighted by molar-refractivity contribution is 5.91. The van der Waals surface area contributed by atoms with Crippen LogP contribution in [-0.4, -0.2) is 17.4 Å². The van der Waals surface area contributed by atoms with Crippen LogP contribution < -0.4 is 11.1 Å². The quantitative estimate of drug-likeness (QED) is 0.839. The second kappa shape index (κ2) is 7.43. The molecule has 0 saturated heterocycles. The minimum Gasteiger partial charge on any atom is -0.446 e. The predicted molar refractivity (Wildman–Crippen MR) is 77.2 cm³/mol. The van der Waals surface area contributed by atoms with Gasteiger partial charge in [-0.1, -0.05) is 32.6 Å². The normalized spacial score (nSPS) is 17.9. The van der Waals surface area contributed by atoms with Gasteiger partial charge in [0, 0.05) is 6.54 Å². The summed E-state index contributed by atoms with van der Waals surface area (Å²) < 4.78 is 5.29. The molecule has 1 saturated carbocycles. The molecule has 20 heavy (non-hydrogen) atoms. The van der Waals surface area contributed by atoms with Gasteiger partial charge in [0.1, 0.15) is 6.26 Å². The van der Waals surface area contributed by atoms with Crippen molar-refractivity contribution in [2.24, 2.45) is 11.7 Å². The van der Waals surface area contributed by atoms with E-state index < -0.39 is 0 Å². The lowest BCUT2D eigenvalue weighted by Gasteiger charge is -2.21. The summed E-state index contributed by atoms with van der Waals surface area (Å²) in [4.78, 5) is 16.2. The molecule has 1 atom stereocenters. The Balaban J connectivity index is 1.82. The van der Waals surface area contributed by atoms with E-state index in [0.29, 0.717) is 17.5 Å². The van der Waals surface area contributed by atoms with Gasteiger partial charge in [0.25, 0.3) is 5.91 Å². The zero-order chi connectivity index (χ0) is 14.4. The van der Waals surface area contributed by atoms with Crippen LogP contribution in [0.4, 0.5) is 0 Å². The number of carbonyl (C=O) groups excluding carboxylic acids is 1. The summed E-state index contributed by atoms with van der Waals surface area (Å²) in [7, 11) is 0. The first-order valence-corrected chi connectivity index (χ1v) is 7.70. The Morgan fingerprint density at radius 1 is 1.50 bits per heavy atom. The van der Waals surface area contributed by atoms with Gasteiger partial charge in [0.2, 0.25) is 5.89 Å². The molecular formula is C15H25N3O2. The number of amides is 1. The van der Waals surface area contributed by atoms with Gasteiger partial charge in [-0.25, -0.2) is 4.98 Å². The smallest absolute Gasteiger partial charge is 0.273 e. The molecule has 1 fully saturated rings. The van der Waals surface area contributed by atoms with Crippen LogP contribution in [0.5, 0.6) is 0 Å². The van der Waals surface area contributed by atoms with E-state index in [2.05, 4.69) is 17.2 Å². The van der Waals surface area contributed by atoms with Gasteiger partial charge in [-0.2, -0.15) is 0 Å². The van der Waals surface area contributed by atoms with Crippen LogP contribution >= 0.6 is 0 Å². The Labute approximate surface area is 120 Å². The van der Waals surface area contributed by atoms with Crippen molar-refractivity contribution in [1.29, 1.82) is 0 Å². The van der Waals surface area contributed by atoms with Crippen molar-refractivity contribution >= 4 is 5.91 Å². The minimum absolute atomic E-state index is 0.158. The molecule has 1 aromatic rings. The highest BCUT2D eigenvalue weighted by Gasteiger charge is 2.18. The highest BCUT2D eigenvalue weighted by atomic mass is 16.3. The summed E-state index contributed by atoms with van der Waals surface area (Å²) >= 11 is 0. The molecule has 1 aliphatic carbocycles. The molecule has 5 nitrogen and oxygen atoms in total. The first kappa shape index (κ1) is 15.0. The Morgan fingerprint density at radius 3 is 2.95 bits per heavy atom. The fraction of sp³-hybridized carbons (Fsp3) is 0.733. The van der Waals surface area contributed by atoms with Gasteiger partial charge in [-0.05, 0) is 25.2 Å². The topological polar surface area (TPSA) is 81.1 Å². The van der Waals surface area contributed by atoms with Gasteiger partial charge >= 0.3 is 0 Å². The Kier molecular flexibility index (Phi) is 5.59. The zero-order valence-electron chi connectivity index (χ0n) is 12.2. The number of oxazole rings is 1. The third-order valence-corrected chi connectivity index (χ3v) is 3.95. The molecule has 5 heteroatoms. The van der Waals surface area contributed by atoms with E-state index in [4.69, 9.17) is 10.2 Å². The fourth-order valence-corrected chi connectivity index (χ4v) is 2.72. The van der Waals surface area contributed by atoms with Crippen molar-refractivity contribution in [2.45, 2.75) is 57.9 Å². The molecule has 1 unspecified atom stereocenters. The van der Waals surface area contributed by atoms with Crippen molar-refractivity contribution in [3.63, 3.8) is 0 Å². The van der Waals surface area contributed by atoms with E-state index in [0.717, 1.165) is 19.4 Å². The van der Waals surface area contributed by atoms with Crippen LogP contribution in [0.25, 0.3) is 0 Å². The van der Waals surface area contributed by atoms with E-state index in [1.807, 2.05) is 0 Å². The van der Waals surface area contributed by atoms with Crippen LogP contribution in [0.15, 0.2) is 10.7 Å². The molecule has 1 aliphatic rings. The van der Waals surface area contributed by atoms with Gasteiger partial charge < -0.3 is 15.5 Å². The van der Waals surface area contributed by atoms with E-state index in [1.165, 1.54) is 38.4 Å². The van der Waals surface area contributed by atoms with Crippen LogP contribution in [0.1, 0.15) is 74.3 Å². The van der Waals surface area contributed by atoms with E-state index >= 15 is 0 Å². The van der Waals surface area contributed by atoms with E-state index in [1.54, 1.807) is 0 Å². The molecule has 3 N–H and O–H groups in total. The summed E-state index contributed by atoms with van der Waals surface area (Å²) in [6.45, 7) is 2.79. The lowest BCUT2D eigenvalue weighted by molar-refractivity contribution is 0.0938. The fourth-order valence-electron chi connectivity index (χ4n) is 2.72. The first-order chi connectivity index (χ1) is 9.70. The average Bonchev–Trinajstić information content (AvgIpc) is 2.96. The van der Waals surface area contributed by atoms with Crippen LogP contribution in [0.3, 0.4) is 0 Å². The zero-order valence-corrected chi connectivity index (χ0v) is 12.2. The van der Waals surface area contributed by atoms with Gasteiger partial charge in [-0.3, -0.25) is 4.79 Å². The number of aromatic nitrogens is 1. The molecule has 2 rings (SSSR count). The van der Waals surface area contributed by atoms with Crippen molar-refractivity contribution in [3.05, 3.63) is 17.8 Å². The lowest BCUT2D eigenvalue weighted by atomic mass is 9.89. The van der Waals surface area contributed by atoms with Gasteiger partial charge in [0.05, 0.1) is 6.04 Å². The van der Waals surface area contributed by atoms with Crippen LogP contribution in [0, 0.1) is 5.92 Å². The molecular weight excluding hydrogens is 254 g/mol. The molecule has 1 aromatic heterocycles. The van der Waals surface area contributed by atoms with Crippen molar-refractivity contribution in [3.8, 4) is 0 Å². The van der Waals surface area contributed by atoms with E-state index in [-0.39, 0.29) is 11.9 Å². The SMILES string of the molecule is CCCC(N)c1nc(C(=O)NCC2CCCCC2)co1. The molecule has 1 amide bonds. The highest BCUT2D eigenvalue weighted by Crippen LogP contribution is 2.22. The minimum atomic E-state index is -0.222. The molecule has 0 aliphatic heterocycles. The number of rotatable bonds is 6. The Hall–Kier alpha value is -1.36. The molecule has 0 radical (unpaired) electrons. The molecule has 0 bridgehead atoms. The third kappa shape index (κ3) is 4.07. The maximum absolute atomic E-state index is 12.0. The Bertz CT molecular complexity index is 425. The number of carbonyl (C=O) groups is 1. The van der Waals surface area contributed by atoms with Crippen LogP contribution in [-0.2, 0) is 0 Å². The van der Waals surface area contributed by atoms with Crippen molar-refractivity contribution < 1.29 is 9.21 Å². The van der Waals surface area contributed by atoms with Crippen LogP contribution in [0.2, 0.25) is 0 Å². The lowest BCUT2D eigenvalue weighted by Crippen LogP contribution is -2.30. The summed E-state index contributed by atoms with van der Waals surface area (Å²) in [5.41, 5.74) is 6.26. The predicted octanol–water partition coefficient (Wildman–Crippen LogP) is 2.78. The summed E-state index contributed by atoms with van der Waals surface area (Å²) in [5.74, 6) is 0.908. The average molecular weight is 279 g/mol. The third-order valence-electron chi connectivity index (χ3n) is 3.95. The molecule has 0 spiro atoms. The maximum Gasteiger partial charge on any atom is 0.273 e. The maximum atomic E-state index is 12.0. The summed E-state index contributed by atoms with van der Waals surface area (Å²) in [5, 5.41) is 2.95.